The summed E-state index contributed by atoms with van der Waals surface area (Å²) >= 11 is 0. The van der Waals surface area contributed by atoms with E-state index in [0.29, 0.717) is 22.3 Å². The molecular formula is C23H14F5NO. The molecule has 0 radical (unpaired) electrons. The molecule has 4 rings (SSSR count). The first-order valence-electron chi connectivity index (χ1n) is 8.95. The lowest BCUT2D eigenvalue weighted by atomic mass is 9.99. The predicted molar refractivity (Wildman–Crippen MR) is 103 cm³/mol. The minimum absolute atomic E-state index is 0.0598. The Morgan fingerprint density at radius 2 is 1.67 bits per heavy atom. The van der Waals surface area contributed by atoms with Gasteiger partial charge in [-0.25, -0.2) is 8.78 Å². The summed E-state index contributed by atoms with van der Waals surface area (Å²) in [6.45, 7) is -0.192. The first-order valence-corrected chi connectivity index (χ1v) is 8.95. The monoisotopic (exact) mass is 415 g/mol. The number of para-hydroxylation sites is 1. The van der Waals surface area contributed by atoms with Crippen LogP contribution < -0.4 is 4.74 Å². The Balaban J connectivity index is 1.69. The van der Waals surface area contributed by atoms with E-state index in [1.807, 2.05) is 0 Å². The van der Waals surface area contributed by atoms with Gasteiger partial charge in [-0.15, -0.1) is 0 Å². The standard InChI is InChI=1S/C23H14F5NO/c24-16-7-8-21(25)15(11-16)13-30-17-4-1-3-14(12-17)18-9-10-29-22-19(18)5-2-6-20(22)23(26,27)28/h1-12H,13H2. The molecule has 0 unspecified atom stereocenters. The molecule has 0 spiro atoms. The summed E-state index contributed by atoms with van der Waals surface area (Å²) in [7, 11) is 0. The number of benzene rings is 3. The summed E-state index contributed by atoms with van der Waals surface area (Å²) in [6, 6.07) is 15.3. The van der Waals surface area contributed by atoms with Gasteiger partial charge in [0, 0.05) is 17.1 Å². The van der Waals surface area contributed by atoms with E-state index in [4.69, 9.17) is 4.74 Å². The molecule has 0 saturated heterocycles. The smallest absolute Gasteiger partial charge is 0.418 e. The molecule has 0 amide bonds. The Morgan fingerprint density at radius 3 is 2.47 bits per heavy atom. The van der Waals surface area contributed by atoms with Crippen LogP contribution in [0.5, 0.6) is 5.75 Å². The zero-order valence-electron chi connectivity index (χ0n) is 15.4. The van der Waals surface area contributed by atoms with Gasteiger partial charge < -0.3 is 4.74 Å². The van der Waals surface area contributed by atoms with Crippen molar-refractivity contribution in [1.29, 1.82) is 0 Å². The molecule has 0 aliphatic heterocycles. The fraction of sp³-hybridized carbons (Fsp3) is 0.0870. The van der Waals surface area contributed by atoms with Gasteiger partial charge in [0.15, 0.2) is 0 Å². The second kappa shape index (κ2) is 7.74. The SMILES string of the molecule is Fc1ccc(F)c(COc2cccc(-c3ccnc4c(C(F)(F)F)cccc34)c2)c1. The molecule has 0 aliphatic rings. The van der Waals surface area contributed by atoms with Crippen LogP contribution in [0, 0.1) is 11.6 Å². The van der Waals surface area contributed by atoms with E-state index in [-0.39, 0.29) is 17.7 Å². The van der Waals surface area contributed by atoms with Crippen LogP contribution in [-0.2, 0) is 12.8 Å². The van der Waals surface area contributed by atoms with Crippen molar-refractivity contribution in [2.45, 2.75) is 12.8 Å². The van der Waals surface area contributed by atoms with Crippen LogP contribution in [0.4, 0.5) is 22.0 Å². The van der Waals surface area contributed by atoms with Gasteiger partial charge in [-0.05, 0) is 53.6 Å². The lowest BCUT2D eigenvalue weighted by molar-refractivity contribution is -0.136. The second-order valence-electron chi connectivity index (χ2n) is 6.61. The van der Waals surface area contributed by atoms with E-state index < -0.39 is 23.4 Å². The number of rotatable bonds is 4. The van der Waals surface area contributed by atoms with Crippen molar-refractivity contribution >= 4 is 10.9 Å². The molecular weight excluding hydrogens is 401 g/mol. The maximum Gasteiger partial charge on any atom is 0.418 e. The lowest BCUT2D eigenvalue weighted by Gasteiger charge is -2.13. The van der Waals surface area contributed by atoms with Crippen LogP contribution in [0.25, 0.3) is 22.0 Å². The topological polar surface area (TPSA) is 22.1 Å². The molecule has 3 aromatic carbocycles. The highest BCUT2D eigenvalue weighted by Crippen LogP contribution is 2.37. The van der Waals surface area contributed by atoms with Crippen LogP contribution in [0.3, 0.4) is 0 Å². The third-order valence-electron chi connectivity index (χ3n) is 4.62. The first kappa shape index (κ1) is 19.8. The molecule has 152 valence electrons. The predicted octanol–water partition coefficient (Wildman–Crippen LogP) is 6.78. The number of halogens is 5. The Labute approximate surface area is 168 Å². The molecule has 0 N–H and O–H groups in total. The highest BCUT2D eigenvalue weighted by molar-refractivity contribution is 5.96. The van der Waals surface area contributed by atoms with E-state index in [1.165, 1.54) is 12.3 Å². The van der Waals surface area contributed by atoms with Crippen molar-refractivity contribution in [3.63, 3.8) is 0 Å². The van der Waals surface area contributed by atoms with Gasteiger partial charge in [-0.2, -0.15) is 13.2 Å². The van der Waals surface area contributed by atoms with Crippen LogP contribution in [0.2, 0.25) is 0 Å². The molecule has 0 saturated carbocycles. The van der Waals surface area contributed by atoms with E-state index in [1.54, 1.807) is 36.4 Å². The summed E-state index contributed by atoms with van der Waals surface area (Å²) in [4.78, 5) is 3.92. The second-order valence-corrected chi connectivity index (χ2v) is 6.61. The number of hydrogen-bond donors (Lipinski definition) is 0. The van der Waals surface area contributed by atoms with Gasteiger partial charge in [0.1, 0.15) is 24.0 Å². The normalized spacial score (nSPS) is 11.6. The number of ether oxygens (including phenoxy) is 1. The van der Waals surface area contributed by atoms with Crippen molar-refractivity contribution in [1.82, 2.24) is 4.98 Å². The highest BCUT2D eigenvalue weighted by atomic mass is 19.4. The van der Waals surface area contributed by atoms with E-state index in [0.717, 1.165) is 24.3 Å². The van der Waals surface area contributed by atoms with Crippen LogP contribution in [0.15, 0.2) is 72.9 Å². The Bertz CT molecular complexity index is 1220. The molecule has 0 fully saturated rings. The molecule has 1 heterocycles. The maximum absolute atomic E-state index is 13.8. The van der Waals surface area contributed by atoms with Crippen molar-refractivity contribution in [3.8, 4) is 16.9 Å². The Hall–Kier alpha value is -3.48. The molecule has 0 aliphatic carbocycles. The summed E-state index contributed by atoms with van der Waals surface area (Å²) in [5, 5.41) is 0.348. The number of alkyl halides is 3. The van der Waals surface area contributed by atoms with E-state index >= 15 is 0 Å². The summed E-state index contributed by atoms with van der Waals surface area (Å²) in [5.41, 5.74) is 0.267. The summed E-state index contributed by atoms with van der Waals surface area (Å²) < 4.78 is 72.6. The highest BCUT2D eigenvalue weighted by Gasteiger charge is 2.33. The van der Waals surface area contributed by atoms with Gasteiger partial charge in [0.05, 0.1) is 11.1 Å². The minimum Gasteiger partial charge on any atom is -0.489 e. The fourth-order valence-electron chi connectivity index (χ4n) is 3.22. The Morgan fingerprint density at radius 1 is 0.867 bits per heavy atom. The zero-order chi connectivity index (χ0) is 21.3. The van der Waals surface area contributed by atoms with Crippen molar-refractivity contribution in [3.05, 3.63) is 95.7 Å². The van der Waals surface area contributed by atoms with Gasteiger partial charge in [-0.3, -0.25) is 4.98 Å². The molecule has 2 nitrogen and oxygen atoms in total. The van der Waals surface area contributed by atoms with Crippen LogP contribution >= 0.6 is 0 Å². The summed E-state index contributed by atoms with van der Waals surface area (Å²) in [6.07, 6.45) is -3.20. The number of nitrogens with zero attached hydrogens (tertiary/aromatic N) is 1. The summed E-state index contributed by atoms with van der Waals surface area (Å²) in [5.74, 6) is -0.798. The fourth-order valence-corrected chi connectivity index (χ4v) is 3.22. The number of hydrogen-bond acceptors (Lipinski definition) is 2. The third kappa shape index (κ3) is 3.96. The number of aromatic nitrogens is 1. The molecule has 7 heteroatoms. The minimum atomic E-state index is -4.52. The molecule has 1 aromatic heterocycles. The van der Waals surface area contributed by atoms with Crippen LogP contribution in [-0.4, -0.2) is 4.98 Å². The third-order valence-corrected chi connectivity index (χ3v) is 4.62. The molecule has 0 bridgehead atoms. The van der Waals surface area contributed by atoms with Gasteiger partial charge in [0.2, 0.25) is 0 Å². The quantitative estimate of drug-likeness (QED) is 0.343. The molecule has 0 atom stereocenters. The number of pyridine rings is 1. The zero-order valence-corrected chi connectivity index (χ0v) is 15.4. The van der Waals surface area contributed by atoms with Gasteiger partial charge in [-0.1, -0.05) is 24.3 Å². The average Bonchev–Trinajstić information content (AvgIpc) is 2.73. The average molecular weight is 415 g/mol. The molecule has 30 heavy (non-hydrogen) atoms. The maximum atomic E-state index is 13.8. The van der Waals surface area contributed by atoms with Gasteiger partial charge >= 0.3 is 6.18 Å². The molecule has 4 aromatic rings. The lowest BCUT2D eigenvalue weighted by Crippen LogP contribution is -2.06. The largest absolute Gasteiger partial charge is 0.489 e. The van der Waals surface area contributed by atoms with Crippen molar-refractivity contribution in [2.24, 2.45) is 0 Å². The van der Waals surface area contributed by atoms with E-state index in [2.05, 4.69) is 4.98 Å². The first-order chi connectivity index (χ1) is 14.3. The van der Waals surface area contributed by atoms with Crippen LogP contribution in [0.1, 0.15) is 11.1 Å². The Kier molecular flexibility index (Phi) is 5.11. The van der Waals surface area contributed by atoms with Crippen molar-refractivity contribution in [2.75, 3.05) is 0 Å². The number of fused-ring (bicyclic) bond motifs is 1. The van der Waals surface area contributed by atoms with E-state index in [9.17, 15) is 22.0 Å². The van der Waals surface area contributed by atoms with Crippen molar-refractivity contribution < 1.29 is 26.7 Å². The van der Waals surface area contributed by atoms with Gasteiger partial charge in [0.25, 0.3) is 0 Å².